The summed E-state index contributed by atoms with van der Waals surface area (Å²) in [5, 5.41) is 22.2. The predicted molar refractivity (Wildman–Crippen MR) is 39.9 cm³/mol. The Bertz CT molecular complexity index is 232. The summed E-state index contributed by atoms with van der Waals surface area (Å²) >= 11 is 0. The predicted octanol–water partition coefficient (Wildman–Crippen LogP) is 0.0632. The molecule has 0 aliphatic rings. The molecule has 0 amide bonds. The van der Waals surface area contributed by atoms with E-state index < -0.39 is 12.3 Å². The minimum Gasteiger partial charge on any atom is -0.389 e. The molecule has 11 heavy (non-hydrogen) atoms. The van der Waals surface area contributed by atoms with E-state index in [2.05, 4.69) is 5.10 Å². The highest BCUT2D eigenvalue weighted by atomic mass is 16.3. The quantitative estimate of drug-likeness (QED) is 0.636. The molecule has 0 aromatic carbocycles. The third kappa shape index (κ3) is 1.58. The highest BCUT2D eigenvalue weighted by molar-refractivity contribution is 4.97. The Morgan fingerprint density at radius 2 is 2.18 bits per heavy atom. The largest absolute Gasteiger partial charge is 0.389 e. The van der Waals surface area contributed by atoms with Gasteiger partial charge >= 0.3 is 0 Å². The van der Waals surface area contributed by atoms with Crippen molar-refractivity contribution in [3.63, 3.8) is 0 Å². The standard InChI is InChI=1S/C7H12N2O2/c1-5-3-4-8-9(5)7(11)6(2)10/h3-4,6-7,10-11H,1-2H3. The molecular formula is C7H12N2O2. The van der Waals surface area contributed by atoms with E-state index in [4.69, 9.17) is 5.11 Å². The zero-order valence-electron chi connectivity index (χ0n) is 6.60. The fourth-order valence-electron chi connectivity index (χ4n) is 0.862. The van der Waals surface area contributed by atoms with Gasteiger partial charge in [0, 0.05) is 11.9 Å². The number of aromatic nitrogens is 2. The van der Waals surface area contributed by atoms with Crippen LogP contribution in [0.1, 0.15) is 18.8 Å². The molecule has 0 aliphatic carbocycles. The van der Waals surface area contributed by atoms with Gasteiger partial charge in [0.1, 0.15) is 0 Å². The molecule has 2 N–H and O–H groups in total. The van der Waals surface area contributed by atoms with E-state index >= 15 is 0 Å². The van der Waals surface area contributed by atoms with Gasteiger partial charge in [0.05, 0.1) is 6.10 Å². The number of rotatable bonds is 2. The molecule has 0 fully saturated rings. The van der Waals surface area contributed by atoms with Gasteiger partial charge in [0.15, 0.2) is 6.23 Å². The van der Waals surface area contributed by atoms with Crippen molar-refractivity contribution >= 4 is 0 Å². The lowest BCUT2D eigenvalue weighted by Crippen LogP contribution is -2.22. The maximum Gasteiger partial charge on any atom is 0.172 e. The number of nitrogens with zero attached hydrogens (tertiary/aromatic N) is 2. The van der Waals surface area contributed by atoms with Crippen molar-refractivity contribution in [2.45, 2.75) is 26.2 Å². The lowest BCUT2D eigenvalue weighted by molar-refractivity contribution is -0.0269. The summed E-state index contributed by atoms with van der Waals surface area (Å²) < 4.78 is 1.38. The molecule has 0 saturated heterocycles. The van der Waals surface area contributed by atoms with Crippen LogP contribution < -0.4 is 0 Å². The SMILES string of the molecule is Cc1ccnn1C(O)C(C)O. The molecule has 4 heteroatoms. The van der Waals surface area contributed by atoms with Gasteiger partial charge in [-0.25, -0.2) is 4.68 Å². The van der Waals surface area contributed by atoms with Crippen LogP contribution in [0.5, 0.6) is 0 Å². The molecule has 0 bridgehead atoms. The van der Waals surface area contributed by atoms with Gasteiger partial charge in [0.2, 0.25) is 0 Å². The Morgan fingerprint density at radius 1 is 1.55 bits per heavy atom. The van der Waals surface area contributed by atoms with E-state index in [1.807, 2.05) is 6.92 Å². The van der Waals surface area contributed by atoms with E-state index in [1.54, 1.807) is 12.3 Å². The first-order valence-corrected chi connectivity index (χ1v) is 3.49. The number of hydrogen-bond acceptors (Lipinski definition) is 3. The summed E-state index contributed by atoms with van der Waals surface area (Å²) in [7, 11) is 0. The van der Waals surface area contributed by atoms with Crippen molar-refractivity contribution in [2.24, 2.45) is 0 Å². The lowest BCUT2D eigenvalue weighted by Gasteiger charge is -2.15. The first-order chi connectivity index (χ1) is 5.13. The monoisotopic (exact) mass is 156 g/mol. The van der Waals surface area contributed by atoms with E-state index in [-0.39, 0.29) is 0 Å². The second-order valence-corrected chi connectivity index (χ2v) is 2.57. The molecule has 0 spiro atoms. The lowest BCUT2D eigenvalue weighted by atomic mass is 10.3. The molecule has 0 radical (unpaired) electrons. The molecule has 0 aliphatic heterocycles. The summed E-state index contributed by atoms with van der Waals surface area (Å²) in [5.74, 6) is 0. The highest BCUT2D eigenvalue weighted by Gasteiger charge is 2.14. The Hall–Kier alpha value is -0.870. The van der Waals surface area contributed by atoms with Gasteiger partial charge in [-0.15, -0.1) is 0 Å². The topological polar surface area (TPSA) is 58.3 Å². The first kappa shape index (κ1) is 8.23. The average molecular weight is 156 g/mol. The van der Waals surface area contributed by atoms with Crippen molar-refractivity contribution in [1.82, 2.24) is 9.78 Å². The van der Waals surface area contributed by atoms with Crippen LogP contribution in [0.3, 0.4) is 0 Å². The van der Waals surface area contributed by atoms with Gasteiger partial charge in [-0.05, 0) is 19.9 Å². The van der Waals surface area contributed by atoms with Gasteiger partial charge in [-0.1, -0.05) is 0 Å². The molecule has 1 rings (SSSR count). The summed E-state index contributed by atoms with van der Waals surface area (Å²) in [6.45, 7) is 3.34. The van der Waals surface area contributed by atoms with Crippen molar-refractivity contribution in [3.05, 3.63) is 18.0 Å². The van der Waals surface area contributed by atoms with Crippen LogP contribution in [0.2, 0.25) is 0 Å². The fourth-order valence-corrected chi connectivity index (χ4v) is 0.862. The summed E-state index contributed by atoms with van der Waals surface area (Å²) in [6, 6.07) is 1.77. The smallest absolute Gasteiger partial charge is 0.172 e. The molecule has 1 aromatic rings. The van der Waals surface area contributed by atoms with Crippen LogP contribution in [0.25, 0.3) is 0 Å². The normalized spacial score (nSPS) is 16.4. The van der Waals surface area contributed by atoms with Gasteiger partial charge in [-0.3, -0.25) is 0 Å². The molecule has 2 unspecified atom stereocenters. The zero-order valence-corrected chi connectivity index (χ0v) is 6.60. The van der Waals surface area contributed by atoms with Gasteiger partial charge in [-0.2, -0.15) is 5.10 Å². The third-order valence-electron chi connectivity index (χ3n) is 1.55. The van der Waals surface area contributed by atoms with Crippen molar-refractivity contribution in [3.8, 4) is 0 Å². The summed E-state index contributed by atoms with van der Waals surface area (Å²) in [4.78, 5) is 0. The van der Waals surface area contributed by atoms with E-state index in [0.29, 0.717) is 0 Å². The minimum absolute atomic E-state index is 0.798. The summed E-state index contributed by atoms with van der Waals surface area (Å²) in [5.41, 5.74) is 0.832. The van der Waals surface area contributed by atoms with Crippen LogP contribution in [0.4, 0.5) is 0 Å². The van der Waals surface area contributed by atoms with Gasteiger partial charge < -0.3 is 10.2 Å². The van der Waals surface area contributed by atoms with Crippen LogP contribution >= 0.6 is 0 Å². The Morgan fingerprint density at radius 3 is 2.55 bits per heavy atom. The highest BCUT2D eigenvalue weighted by Crippen LogP contribution is 2.08. The van der Waals surface area contributed by atoms with Gasteiger partial charge in [0.25, 0.3) is 0 Å². The van der Waals surface area contributed by atoms with E-state index in [9.17, 15) is 5.11 Å². The Balaban J connectivity index is 2.84. The number of aliphatic hydroxyl groups excluding tert-OH is 2. The summed E-state index contributed by atoms with van der Waals surface area (Å²) in [6.07, 6.45) is -0.153. The van der Waals surface area contributed by atoms with E-state index in [1.165, 1.54) is 11.6 Å². The minimum atomic E-state index is -0.940. The van der Waals surface area contributed by atoms with Crippen LogP contribution in [-0.4, -0.2) is 26.1 Å². The van der Waals surface area contributed by atoms with Crippen LogP contribution in [0, 0.1) is 6.92 Å². The van der Waals surface area contributed by atoms with Crippen molar-refractivity contribution < 1.29 is 10.2 Å². The third-order valence-corrected chi connectivity index (χ3v) is 1.55. The molecule has 0 saturated carbocycles. The molecule has 2 atom stereocenters. The molecular weight excluding hydrogens is 144 g/mol. The molecule has 4 nitrogen and oxygen atoms in total. The molecule has 1 heterocycles. The molecule has 1 aromatic heterocycles. The van der Waals surface area contributed by atoms with E-state index in [0.717, 1.165) is 5.69 Å². The Kier molecular flexibility index (Phi) is 2.26. The number of hydrogen-bond donors (Lipinski definition) is 2. The van der Waals surface area contributed by atoms with Crippen LogP contribution in [0.15, 0.2) is 12.3 Å². The number of aliphatic hydroxyl groups is 2. The Labute approximate surface area is 65.1 Å². The zero-order chi connectivity index (χ0) is 8.43. The van der Waals surface area contributed by atoms with Crippen molar-refractivity contribution in [2.75, 3.05) is 0 Å². The second kappa shape index (κ2) is 3.02. The maximum absolute atomic E-state index is 9.32. The maximum atomic E-state index is 9.32. The average Bonchev–Trinajstić information content (AvgIpc) is 2.33. The first-order valence-electron chi connectivity index (χ1n) is 3.49. The van der Waals surface area contributed by atoms with Crippen molar-refractivity contribution in [1.29, 1.82) is 0 Å². The second-order valence-electron chi connectivity index (χ2n) is 2.57. The number of aryl methyl sites for hydroxylation is 1. The fraction of sp³-hybridized carbons (Fsp3) is 0.571. The van der Waals surface area contributed by atoms with Crippen LogP contribution in [-0.2, 0) is 0 Å². The molecule has 62 valence electrons.